The number of ether oxygens (including phenoxy) is 1. The van der Waals surface area contributed by atoms with Gasteiger partial charge in [-0.3, -0.25) is 0 Å². The van der Waals surface area contributed by atoms with Crippen LogP contribution in [0.5, 0.6) is 5.75 Å². The molecule has 2 rings (SSSR count). The minimum Gasteiger partial charge on any atom is -0.497 e. The highest BCUT2D eigenvalue weighted by molar-refractivity contribution is 5.84. The zero-order chi connectivity index (χ0) is 11.5. The van der Waals surface area contributed by atoms with Crippen molar-refractivity contribution in [3.63, 3.8) is 0 Å². The molecule has 0 aliphatic carbocycles. The van der Waals surface area contributed by atoms with Gasteiger partial charge in [0.15, 0.2) is 0 Å². The fourth-order valence-corrected chi connectivity index (χ4v) is 1.68. The van der Waals surface area contributed by atoms with E-state index in [9.17, 15) is 5.11 Å². The summed E-state index contributed by atoms with van der Waals surface area (Å²) in [6.07, 6.45) is -0.813. The molecule has 0 aromatic heterocycles. The SMILES string of the molecule is COc1ccc2cc([C@H](O)CO)ccc2c1. The van der Waals surface area contributed by atoms with E-state index in [2.05, 4.69) is 0 Å². The van der Waals surface area contributed by atoms with Crippen LogP contribution in [0.25, 0.3) is 10.8 Å². The maximum atomic E-state index is 9.51. The van der Waals surface area contributed by atoms with E-state index in [4.69, 9.17) is 9.84 Å². The Balaban J connectivity index is 2.47. The van der Waals surface area contributed by atoms with Gasteiger partial charge in [0.05, 0.1) is 13.7 Å². The van der Waals surface area contributed by atoms with Gasteiger partial charge in [-0.2, -0.15) is 0 Å². The van der Waals surface area contributed by atoms with Crippen LogP contribution in [0.1, 0.15) is 11.7 Å². The molecule has 0 spiro atoms. The summed E-state index contributed by atoms with van der Waals surface area (Å²) < 4.78 is 5.13. The fraction of sp³-hybridized carbons (Fsp3) is 0.231. The number of aliphatic hydroxyl groups is 2. The van der Waals surface area contributed by atoms with E-state index in [1.54, 1.807) is 7.11 Å². The number of hydrogen-bond acceptors (Lipinski definition) is 3. The van der Waals surface area contributed by atoms with Gasteiger partial charge in [-0.1, -0.05) is 18.2 Å². The summed E-state index contributed by atoms with van der Waals surface area (Å²) in [5.74, 6) is 0.808. The monoisotopic (exact) mass is 218 g/mol. The van der Waals surface area contributed by atoms with E-state index in [0.717, 1.165) is 22.1 Å². The number of benzene rings is 2. The lowest BCUT2D eigenvalue weighted by Gasteiger charge is -2.09. The molecule has 0 saturated heterocycles. The van der Waals surface area contributed by atoms with Crippen molar-refractivity contribution >= 4 is 10.8 Å². The topological polar surface area (TPSA) is 49.7 Å². The molecule has 0 unspecified atom stereocenters. The Morgan fingerprint density at radius 2 is 1.81 bits per heavy atom. The predicted molar refractivity (Wildman–Crippen MR) is 62.5 cm³/mol. The van der Waals surface area contributed by atoms with E-state index in [0.29, 0.717) is 0 Å². The summed E-state index contributed by atoms with van der Waals surface area (Å²) in [7, 11) is 1.63. The zero-order valence-corrected chi connectivity index (χ0v) is 9.05. The molecular formula is C13H14O3. The largest absolute Gasteiger partial charge is 0.497 e. The highest BCUT2D eigenvalue weighted by atomic mass is 16.5. The normalized spacial score (nSPS) is 12.7. The molecule has 3 nitrogen and oxygen atoms in total. The number of aliphatic hydroxyl groups excluding tert-OH is 2. The first kappa shape index (κ1) is 10.9. The minimum absolute atomic E-state index is 0.262. The van der Waals surface area contributed by atoms with Crippen LogP contribution >= 0.6 is 0 Å². The van der Waals surface area contributed by atoms with Crippen molar-refractivity contribution in [2.45, 2.75) is 6.10 Å². The first-order chi connectivity index (χ1) is 7.74. The smallest absolute Gasteiger partial charge is 0.119 e. The highest BCUT2D eigenvalue weighted by Crippen LogP contribution is 2.24. The van der Waals surface area contributed by atoms with Crippen LogP contribution in [0, 0.1) is 0 Å². The molecular weight excluding hydrogens is 204 g/mol. The maximum absolute atomic E-state index is 9.51. The van der Waals surface area contributed by atoms with Gasteiger partial charge in [0.2, 0.25) is 0 Å². The summed E-state index contributed by atoms with van der Waals surface area (Å²) in [4.78, 5) is 0. The zero-order valence-electron chi connectivity index (χ0n) is 9.05. The molecule has 1 atom stereocenters. The first-order valence-corrected chi connectivity index (χ1v) is 5.11. The molecule has 0 radical (unpaired) electrons. The van der Waals surface area contributed by atoms with E-state index in [-0.39, 0.29) is 6.61 Å². The molecule has 0 aliphatic rings. The van der Waals surface area contributed by atoms with Gasteiger partial charge in [-0.15, -0.1) is 0 Å². The standard InChI is InChI=1S/C13H14O3/c1-16-12-5-4-9-6-11(13(15)8-14)3-2-10(9)7-12/h2-7,13-15H,8H2,1H3/t13-/m1/s1. The van der Waals surface area contributed by atoms with Crippen LogP contribution in [-0.2, 0) is 0 Å². The molecule has 0 saturated carbocycles. The van der Waals surface area contributed by atoms with Crippen LogP contribution in [0.15, 0.2) is 36.4 Å². The van der Waals surface area contributed by atoms with Crippen molar-refractivity contribution < 1.29 is 14.9 Å². The molecule has 2 aromatic carbocycles. The summed E-state index contributed by atoms with van der Waals surface area (Å²) in [6, 6.07) is 11.3. The molecule has 3 heteroatoms. The molecule has 0 heterocycles. The third-order valence-corrected chi connectivity index (χ3v) is 2.63. The van der Waals surface area contributed by atoms with Crippen LogP contribution in [-0.4, -0.2) is 23.9 Å². The summed E-state index contributed by atoms with van der Waals surface area (Å²) in [5.41, 5.74) is 0.722. The summed E-state index contributed by atoms with van der Waals surface area (Å²) >= 11 is 0. The molecule has 0 amide bonds. The second kappa shape index (κ2) is 4.51. The first-order valence-electron chi connectivity index (χ1n) is 5.11. The Hall–Kier alpha value is -1.58. The Bertz CT molecular complexity index is 494. The van der Waals surface area contributed by atoms with Crippen LogP contribution in [0.3, 0.4) is 0 Å². The van der Waals surface area contributed by atoms with Crippen LogP contribution < -0.4 is 4.74 Å². The van der Waals surface area contributed by atoms with Crippen molar-refractivity contribution in [1.29, 1.82) is 0 Å². The lowest BCUT2D eigenvalue weighted by atomic mass is 10.0. The van der Waals surface area contributed by atoms with E-state index < -0.39 is 6.10 Å². The number of fused-ring (bicyclic) bond motifs is 1. The Labute approximate surface area is 93.9 Å². The second-order valence-corrected chi connectivity index (χ2v) is 3.67. The quantitative estimate of drug-likeness (QED) is 0.827. The van der Waals surface area contributed by atoms with Crippen molar-refractivity contribution in [3.05, 3.63) is 42.0 Å². The van der Waals surface area contributed by atoms with Gasteiger partial charge in [0, 0.05) is 0 Å². The van der Waals surface area contributed by atoms with Gasteiger partial charge in [-0.25, -0.2) is 0 Å². The van der Waals surface area contributed by atoms with Crippen LogP contribution in [0.4, 0.5) is 0 Å². The van der Waals surface area contributed by atoms with Gasteiger partial charge in [0.1, 0.15) is 11.9 Å². The van der Waals surface area contributed by atoms with E-state index >= 15 is 0 Å². The lowest BCUT2D eigenvalue weighted by Crippen LogP contribution is -2.01. The second-order valence-electron chi connectivity index (χ2n) is 3.67. The van der Waals surface area contributed by atoms with Gasteiger partial charge in [-0.05, 0) is 34.5 Å². The molecule has 0 bridgehead atoms. The number of hydrogen-bond donors (Lipinski definition) is 2. The van der Waals surface area contributed by atoms with E-state index in [1.165, 1.54) is 0 Å². The van der Waals surface area contributed by atoms with Crippen LogP contribution in [0.2, 0.25) is 0 Å². The third kappa shape index (κ3) is 2.01. The number of rotatable bonds is 3. The number of methoxy groups -OCH3 is 1. The van der Waals surface area contributed by atoms with Gasteiger partial charge in [0.25, 0.3) is 0 Å². The predicted octanol–water partition coefficient (Wildman–Crippen LogP) is 1.87. The van der Waals surface area contributed by atoms with Gasteiger partial charge >= 0.3 is 0 Å². The molecule has 84 valence electrons. The minimum atomic E-state index is -0.813. The Kier molecular flexibility index (Phi) is 3.08. The third-order valence-electron chi connectivity index (χ3n) is 2.63. The summed E-state index contributed by atoms with van der Waals surface area (Å²) in [5, 5.41) is 20.5. The Morgan fingerprint density at radius 3 is 2.50 bits per heavy atom. The lowest BCUT2D eigenvalue weighted by molar-refractivity contribution is 0.0957. The van der Waals surface area contributed by atoms with E-state index in [1.807, 2.05) is 36.4 Å². The van der Waals surface area contributed by atoms with Gasteiger partial charge < -0.3 is 14.9 Å². The average Bonchev–Trinajstić information content (AvgIpc) is 2.36. The molecule has 0 fully saturated rings. The molecule has 16 heavy (non-hydrogen) atoms. The average molecular weight is 218 g/mol. The molecule has 2 N–H and O–H groups in total. The van der Waals surface area contributed by atoms with Crippen molar-refractivity contribution in [2.24, 2.45) is 0 Å². The highest BCUT2D eigenvalue weighted by Gasteiger charge is 2.06. The van der Waals surface area contributed by atoms with Crippen molar-refractivity contribution in [1.82, 2.24) is 0 Å². The maximum Gasteiger partial charge on any atom is 0.119 e. The molecule has 2 aromatic rings. The Morgan fingerprint density at radius 1 is 1.12 bits per heavy atom. The van der Waals surface area contributed by atoms with Crippen molar-refractivity contribution in [2.75, 3.05) is 13.7 Å². The summed E-state index contributed by atoms with van der Waals surface area (Å²) in [6.45, 7) is -0.262. The fourth-order valence-electron chi connectivity index (χ4n) is 1.68. The van der Waals surface area contributed by atoms with Crippen molar-refractivity contribution in [3.8, 4) is 5.75 Å². The molecule has 0 aliphatic heterocycles.